The Morgan fingerprint density at radius 2 is 2.06 bits per heavy atom. The second kappa shape index (κ2) is 7.24. The minimum Gasteiger partial charge on any atom is -0.480 e. The molecule has 0 spiro atoms. The molecular formula is C13H24N2O3. The van der Waals surface area contributed by atoms with Crippen LogP contribution in [0.3, 0.4) is 0 Å². The molecule has 1 fully saturated rings. The van der Waals surface area contributed by atoms with Crippen molar-refractivity contribution in [3.05, 3.63) is 0 Å². The fraction of sp³-hybridized carbons (Fsp3) is 0.846. The third-order valence-corrected chi connectivity index (χ3v) is 3.72. The predicted molar refractivity (Wildman–Crippen MR) is 69.5 cm³/mol. The van der Waals surface area contributed by atoms with Crippen molar-refractivity contribution in [1.29, 1.82) is 0 Å². The van der Waals surface area contributed by atoms with E-state index in [2.05, 4.69) is 12.2 Å². The highest BCUT2D eigenvalue weighted by atomic mass is 16.4. The molecule has 2 N–H and O–H groups in total. The molecule has 0 aromatic heterocycles. The molecule has 2 unspecified atom stereocenters. The summed E-state index contributed by atoms with van der Waals surface area (Å²) in [5.74, 6) is -0.267. The summed E-state index contributed by atoms with van der Waals surface area (Å²) in [6, 6.07) is -1.01. The predicted octanol–water partition coefficient (Wildman–Crippen LogP) is 2.07. The Balaban J connectivity index is 2.48. The second-order valence-corrected chi connectivity index (χ2v) is 4.94. The van der Waals surface area contributed by atoms with Gasteiger partial charge in [-0.1, -0.05) is 20.3 Å². The first kappa shape index (κ1) is 14.8. The smallest absolute Gasteiger partial charge is 0.326 e. The number of aliphatic carboxylic acids is 1. The quantitative estimate of drug-likeness (QED) is 0.809. The van der Waals surface area contributed by atoms with Crippen molar-refractivity contribution in [2.24, 2.45) is 5.92 Å². The number of carboxylic acid groups (broad SMARTS) is 1. The SMILES string of the molecule is CCC1CCCN(C(=O)NC(CC)C(=O)O)CC1. The highest BCUT2D eigenvalue weighted by molar-refractivity contribution is 5.82. The molecule has 0 aromatic rings. The van der Waals surface area contributed by atoms with Crippen LogP contribution in [-0.4, -0.2) is 41.1 Å². The first-order valence-corrected chi connectivity index (χ1v) is 6.86. The maximum atomic E-state index is 12.0. The summed E-state index contributed by atoms with van der Waals surface area (Å²) >= 11 is 0. The van der Waals surface area contributed by atoms with Crippen molar-refractivity contribution in [1.82, 2.24) is 10.2 Å². The lowest BCUT2D eigenvalue weighted by atomic mass is 9.98. The van der Waals surface area contributed by atoms with E-state index in [-0.39, 0.29) is 6.03 Å². The van der Waals surface area contributed by atoms with Gasteiger partial charge in [0.2, 0.25) is 0 Å². The van der Waals surface area contributed by atoms with E-state index in [9.17, 15) is 9.59 Å². The van der Waals surface area contributed by atoms with Crippen molar-refractivity contribution in [3.63, 3.8) is 0 Å². The summed E-state index contributed by atoms with van der Waals surface area (Å²) in [6.07, 6.45) is 4.76. The summed E-state index contributed by atoms with van der Waals surface area (Å²) in [5, 5.41) is 11.5. The van der Waals surface area contributed by atoms with Crippen molar-refractivity contribution >= 4 is 12.0 Å². The average molecular weight is 256 g/mol. The van der Waals surface area contributed by atoms with Gasteiger partial charge in [-0.05, 0) is 31.6 Å². The number of nitrogens with zero attached hydrogens (tertiary/aromatic N) is 1. The van der Waals surface area contributed by atoms with Gasteiger partial charge in [-0.3, -0.25) is 0 Å². The van der Waals surface area contributed by atoms with Gasteiger partial charge in [0.1, 0.15) is 6.04 Å². The van der Waals surface area contributed by atoms with E-state index in [0.29, 0.717) is 12.3 Å². The molecular weight excluding hydrogens is 232 g/mol. The van der Waals surface area contributed by atoms with Gasteiger partial charge in [0.05, 0.1) is 0 Å². The number of carbonyl (C=O) groups excluding carboxylic acids is 1. The Kier molecular flexibility index (Phi) is 5.95. The number of likely N-dealkylation sites (tertiary alicyclic amines) is 1. The van der Waals surface area contributed by atoms with Gasteiger partial charge in [-0.2, -0.15) is 0 Å². The van der Waals surface area contributed by atoms with Crippen LogP contribution in [0, 0.1) is 5.92 Å². The Morgan fingerprint density at radius 3 is 2.61 bits per heavy atom. The zero-order valence-corrected chi connectivity index (χ0v) is 11.3. The molecule has 1 saturated heterocycles. The molecule has 5 heteroatoms. The number of nitrogens with one attached hydrogen (secondary N) is 1. The molecule has 2 amide bonds. The fourth-order valence-electron chi connectivity index (χ4n) is 2.36. The number of hydrogen-bond acceptors (Lipinski definition) is 2. The summed E-state index contributed by atoms with van der Waals surface area (Å²) < 4.78 is 0. The fourth-order valence-corrected chi connectivity index (χ4v) is 2.36. The lowest BCUT2D eigenvalue weighted by Gasteiger charge is -2.23. The number of carbonyl (C=O) groups is 2. The number of hydrogen-bond donors (Lipinski definition) is 2. The molecule has 18 heavy (non-hydrogen) atoms. The normalized spacial score (nSPS) is 22.1. The number of carboxylic acids is 1. The van der Waals surface area contributed by atoms with E-state index in [1.807, 2.05) is 0 Å². The average Bonchev–Trinajstić information content (AvgIpc) is 2.60. The van der Waals surface area contributed by atoms with Crippen LogP contribution in [-0.2, 0) is 4.79 Å². The standard InChI is InChI=1S/C13H24N2O3/c1-3-10-6-5-8-15(9-7-10)13(18)14-11(4-2)12(16)17/h10-11H,3-9H2,1-2H3,(H,14,18)(H,16,17). The molecule has 1 aliphatic heterocycles. The minimum atomic E-state index is -0.966. The molecule has 0 radical (unpaired) electrons. The van der Waals surface area contributed by atoms with E-state index < -0.39 is 12.0 Å². The van der Waals surface area contributed by atoms with Crippen LogP contribution < -0.4 is 5.32 Å². The van der Waals surface area contributed by atoms with Crippen LogP contribution >= 0.6 is 0 Å². The zero-order chi connectivity index (χ0) is 13.5. The molecule has 0 bridgehead atoms. The van der Waals surface area contributed by atoms with Crippen molar-refractivity contribution in [3.8, 4) is 0 Å². The van der Waals surface area contributed by atoms with E-state index in [0.717, 1.165) is 38.8 Å². The summed E-state index contributed by atoms with van der Waals surface area (Å²) in [4.78, 5) is 24.6. The van der Waals surface area contributed by atoms with Crippen LogP contribution in [0.4, 0.5) is 4.79 Å². The van der Waals surface area contributed by atoms with Gasteiger partial charge in [-0.15, -0.1) is 0 Å². The molecule has 104 valence electrons. The minimum absolute atomic E-state index is 0.235. The molecule has 0 aliphatic carbocycles. The zero-order valence-electron chi connectivity index (χ0n) is 11.3. The Hall–Kier alpha value is -1.26. The van der Waals surface area contributed by atoms with Crippen LogP contribution in [0.15, 0.2) is 0 Å². The maximum Gasteiger partial charge on any atom is 0.326 e. The van der Waals surface area contributed by atoms with E-state index in [4.69, 9.17) is 5.11 Å². The van der Waals surface area contributed by atoms with Gasteiger partial charge in [0, 0.05) is 13.1 Å². The van der Waals surface area contributed by atoms with Gasteiger partial charge >= 0.3 is 12.0 Å². The lowest BCUT2D eigenvalue weighted by Crippen LogP contribution is -2.48. The van der Waals surface area contributed by atoms with Crippen molar-refractivity contribution in [2.75, 3.05) is 13.1 Å². The molecule has 0 saturated carbocycles. The highest BCUT2D eigenvalue weighted by Gasteiger charge is 2.23. The van der Waals surface area contributed by atoms with Gasteiger partial charge in [-0.25, -0.2) is 9.59 Å². The van der Waals surface area contributed by atoms with E-state index in [1.165, 1.54) is 0 Å². The van der Waals surface area contributed by atoms with Gasteiger partial charge in [0.15, 0.2) is 0 Å². The summed E-state index contributed by atoms with van der Waals surface area (Å²) in [7, 11) is 0. The topological polar surface area (TPSA) is 69.6 Å². The van der Waals surface area contributed by atoms with Crippen LogP contribution in [0.2, 0.25) is 0 Å². The Morgan fingerprint density at radius 1 is 1.33 bits per heavy atom. The molecule has 0 aromatic carbocycles. The first-order valence-electron chi connectivity index (χ1n) is 6.86. The third kappa shape index (κ3) is 4.20. The number of urea groups is 1. The van der Waals surface area contributed by atoms with E-state index in [1.54, 1.807) is 11.8 Å². The molecule has 2 atom stereocenters. The second-order valence-electron chi connectivity index (χ2n) is 4.94. The van der Waals surface area contributed by atoms with Crippen LogP contribution in [0.25, 0.3) is 0 Å². The third-order valence-electron chi connectivity index (χ3n) is 3.72. The number of rotatable bonds is 4. The summed E-state index contributed by atoms with van der Waals surface area (Å²) in [5.41, 5.74) is 0. The van der Waals surface area contributed by atoms with Gasteiger partial charge in [0.25, 0.3) is 0 Å². The highest BCUT2D eigenvalue weighted by Crippen LogP contribution is 2.20. The van der Waals surface area contributed by atoms with E-state index >= 15 is 0 Å². The monoisotopic (exact) mass is 256 g/mol. The van der Waals surface area contributed by atoms with Crippen LogP contribution in [0.1, 0.15) is 46.0 Å². The maximum absolute atomic E-state index is 12.0. The van der Waals surface area contributed by atoms with Crippen LogP contribution in [0.5, 0.6) is 0 Å². The largest absolute Gasteiger partial charge is 0.480 e. The van der Waals surface area contributed by atoms with Gasteiger partial charge < -0.3 is 15.3 Å². The molecule has 1 heterocycles. The van der Waals surface area contributed by atoms with Crippen molar-refractivity contribution in [2.45, 2.75) is 52.0 Å². The molecule has 5 nitrogen and oxygen atoms in total. The first-order chi connectivity index (χ1) is 8.58. The lowest BCUT2D eigenvalue weighted by molar-refractivity contribution is -0.139. The Bertz CT molecular complexity index is 294. The number of amides is 2. The molecule has 1 rings (SSSR count). The Labute approximate surface area is 109 Å². The summed E-state index contributed by atoms with van der Waals surface area (Å²) in [6.45, 7) is 5.41. The van der Waals surface area contributed by atoms with Crippen molar-refractivity contribution < 1.29 is 14.7 Å². The molecule has 1 aliphatic rings.